The van der Waals surface area contributed by atoms with Gasteiger partial charge in [0.25, 0.3) is 0 Å². The summed E-state index contributed by atoms with van der Waals surface area (Å²) in [4.78, 5) is 0. The van der Waals surface area contributed by atoms with E-state index in [0.29, 0.717) is 0 Å². The van der Waals surface area contributed by atoms with Gasteiger partial charge in [0, 0.05) is 29.5 Å². The monoisotopic (exact) mass is 217 g/mol. The summed E-state index contributed by atoms with van der Waals surface area (Å²) in [5.41, 5.74) is 3.78. The zero-order chi connectivity index (χ0) is 10.3. The van der Waals surface area contributed by atoms with Crippen molar-refractivity contribution in [1.82, 2.24) is 0 Å². The number of alkyl halides is 1. The lowest BCUT2D eigenvalue weighted by Crippen LogP contribution is -2.46. The van der Waals surface area contributed by atoms with Gasteiger partial charge in [0.05, 0.1) is 0 Å². The molecule has 1 aliphatic carbocycles. The van der Waals surface area contributed by atoms with Crippen LogP contribution in [-0.4, -0.2) is 6.04 Å². The van der Waals surface area contributed by atoms with E-state index in [9.17, 15) is 8.78 Å². The summed E-state index contributed by atoms with van der Waals surface area (Å²) in [6.45, 7) is 0. The first kappa shape index (κ1) is 9.87. The van der Waals surface area contributed by atoms with Crippen LogP contribution in [-0.2, 0) is 5.67 Å². The van der Waals surface area contributed by atoms with E-state index in [1.165, 1.54) is 18.2 Å². The van der Waals surface area contributed by atoms with E-state index in [1.54, 1.807) is 0 Å². The Morgan fingerprint density at radius 3 is 2.57 bits per heavy atom. The van der Waals surface area contributed by atoms with Gasteiger partial charge in [-0.2, -0.15) is 0 Å². The minimum absolute atomic E-state index is 0.0385. The van der Waals surface area contributed by atoms with Crippen molar-refractivity contribution in [3.8, 4) is 0 Å². The van der Waals surface area contributed by atoms with Gasteiger partial charge in [-0.15, -0.1) is 0 Å². The van der Waals surface area contributed by atoms with E-state index in [2.05, 4.69) is 0 Å². The van der Waals surface area contributed by atoms with Crippen LogP contribution in [0.1, 0.15) is 18.4 Å². The van der Waals surface area contributed by atoms with Crippen molar-refractivity contribution in [3.05, 3.63) is 34.6 Å². The van der Waals surface area contributed by atoms with Crippen molar-refractivity contribution < 1.29 is 8.78 Å². The Bertz CT molecular complexity index is 341. The molecule has 0 aromatic heterocycles. The Balaban J connectivity index is 2.41. The van der Waals surface area contributed by atoms with Gasteiger partial charge in [-0.1, -0.05) is 17.7 Å². The summed E-state index contributed by atoms with van der Waals surface area (Å²) in [6.07, 6.45) is 0.293. The molecule has 0 heterocycles. The van der Waals surface area contributed by atoms with E-state index in [4.69, 9.17) is 17.3 Å². The van der Waals surface area contributed by atoms with Crippen LogP contribution in [0.2, 0.25) is 5.02 Å². The highest BCUT2D eigenvalue weighted by Crippen LogP contribution is 2.47. The topological polar surface area (TPSA) is 26.0 Å². The Morgan fingerprint density at radius 2 is 2.07 bits per heavy atom. The standard InChI is InChI=1S/C10H10ClF2N/c11-7-2-1-3-8(12)9(7)10(13)4-6(14)5-10/h1-3,6H,4-5,14H2. The smallest absolute Gasteiger partial charge is 0.143 e. The van der Waals surface area contributed by atoms with Crippen LogP contribution in [0, 0.1) is 5.82 Å². The molecule has 0 bridgehead atoms. The zero-order valence-corrected chi connectivity index (χ0v) is 8.19. The molecule has 0 atom stereocenters. The number of nitrogens with two attached hydrogens (primary N) is 1. The van der Waals surface area contributed by atoms with Crippen LogP contribution < -0.4 is 5.73 Å². The molecule has 1 aromatic carbocycles. The van der Waals surface area contributed by atoms with E-state index >= 15 is 0 Å². The largest absolute Gasteiger partial charge is 0.327 e. The first-order valence-electron chi connectivity index (χ1n) is 4.42. The number of benzene rings is 1. The molecule has 14 heavy (non-hydrogen) atoms. The highest BCUT2D eigenvalue weighted by atomic mass is 35.5. The average molecular weight is 218 g/mol. The van der Waals surface area contributed by atoms with Crippen LogP contribution in [0.3, 0.4) is 0 Å². The summed E-state index contributed by atoms with van der Waals surface area (Å²) < 4.78 is 27.3. The third-order valence-corrected chi connectivity index (χ3v) is 2.90. The Hall–Kier alpha value is -0.670. The molecule has 0 amide bonds. The van der Waals surface area contributed by atoms with Gasteiger partial charge in [-0.05, 0) is 12.1 Å². The normalized spacial score (nSPS) is 31.3. The molecule has 0 radical (unpaired) electrons. The van der Waals surface area contributed by atoms with Gasteiger partial charge in [-0.25, -0.2) is 8.78 Å². The predicted molar refractivity (Wildman–Crippen MR) is 51.4 cm³/mol. The van der Waals surface area contributed by atoms with Gasteiger partial charge in [0.1, 0.15) is 11.5 Å². The summed E-state index contributed by atoms with van der Waals surface area (Å²) in [6, 6.07) is 3.98. The fourth-order valence-corrected chi connectivity index (χ4v) is 2.23. The van der Waals surface area contributed by atoms with E-state index in [0.717, 1.165) is 0 Å². The molecule has 1 aromatic rings. The molecule has 0 unspecified atom stereocenters. The fourth-order valence-electron chi connectivity index (χ4n) is 1.90. The van der Waals surface area contributed by atoms with Crippen molar-refractivity contribution >= 4 is 11.6 Å². The second-order valence-corrected chi connectivity index (χ2v) is 4.14. The number of hydrogen-bond donors (Lipinski definition) is 1. The lowest BCUT2D eigenvalue weighted by molar-refractivity contribution is 0.0370. The fraction of sp³-hybridized carbons (Fsp3) is 0.400. The molecule has 1 aliphatic rings. The average Bonchev–Trinajstić information content (AvgIpc) is 2.00. The maximum atomic E-state index is 14.0. The Morgan fingerprint density at radius 1 is 1.43 bits per heavy atom. The molecule has 4 heteroatoms. The van der Waals surface area contributed by atoms with Gasteiger partial charge >= 0.3 is 0 Å². The molecule has 1 nitrogen and oxygen atoms in total. The Labute approximate surface area is 85.9 Å². The van der Waals surface area contributed by atoms with Crippen LogP contribution in [0.25, 0.3) is 0 Å². The second-order valence-electron chi connectivity index (χ2n) is 3.73. The third kappa shape index (κ3) is 1.41. The van der Waals surface area contributed by atoms with Crippen LogP contribution in [0.5, 0.6) is 0 Å². The van der Waals surface area contributed by atoms with Crippen molar-refractivity contribution in [3.63, 3.8) is 0 Å². The van der Waals surface area contributed by atoms with E-state index < -0.39 is 11.5 Å². The quantitative estimate of drug-likeness (QED) is 0.769. The van der Waals surface area contributed by atoms with E-state index in [-0.39, 0.29) is 29.5 Å². The van der Waals surface area contributed by atoms with Crippen LogP contribution in [0.15, 0.2) is 18.2 Å². The van der Waals surface area contributed by atoms with Crippen LogP contribution >= 0.6 is 11.6 Å². The first-order chi connectivity index (χ1) is 6.53. The third-order valence-electron chi connectivity index (χ3n) is 2.58. The SMILES string of the molecule is NC1CC(F)(c2c(F)cccc2Cl)C1. The Kier molecular flexibility index (Phi) is 2.24. The minimum Gasteiger partial charge on any atom is -0.327 e. The van der Waals surface area contributed by atoms with Gasteiger partial charge in [0.2, 0.25) is 0 Å². The molecule has 0 spiro atoms. The molecule has 2 N–H and O–H groups in total. The molecule has 1 saturated carbocycles. The molecule has 76 valence electrons. The molecule has 0 aliphatic heterocycles. The van der Waals surface area contributed by atoms with Crippen molar-refractivity contribution in [2.75, 3.05) is 0 Å². The molecule has 2 rings (SSSR count). The number of rotatable bonds is 1. The summed E-state index contributed by atoms with van der Waals surface area (Å²) in [5.74, 6) is -0.591. The molecule has 0 saturated heterocycles. The van der Waals surface area contributed by atoms with Gasteiger partial charge < -0.3 is 5.73 Å². The molecule has 1 fully saturated rings. The number of halogens is 3. The first-order valence-corrected chi connectivity index (χ1v) is 4.80. The molecular weight excluding hydrogens is 208 g/mol. The number of hydrogen-bond acceptors (Lipinski definition) is 1. The zero-order valence-electron chi connectivity index (χ0n) is 7.43. The van der Waals surface area contributed by atoms with Crippen molar-refractivity contribution in [2.24, 2.45) is 5.73 Å². The lowest BCUT2D eigenvalue weighted by Gasteiger charge is -2.40. The maximum Gasteiger partial charge on any atom is 0.143 e. The van der Waals surface area contributed by atoms with Gasteiger partial charge in [0.15, 0.2) is 0 Å². The second kappa shape index (κ2) is 3.17. The summed E-state index contributed by atoms with van der Waals surface area (Å²) in [7, 11) is 0. The lowest BCUT2D eigenvalue weighted by atomic mass is 9.73. The maximum absolute atomic E-state index is 14.0. The van der Waals surface area contributed by atoms with Crippen molar-refractivity contribution in [1.29, 1.82) is 0 Å². The highest BCUT2D eigenvalue weighted by Gasteiger charge is 2.47. The van der Waals surface area contributed by atoms with Crippen molar-refractivity contribution in [2.45, 2.75) is 24.6 Å². The minimum atomic E-state index is -1.66. The predicted octanol–water partition coefficient (Wildman–Crippen LogP) is 2.77. The highest BCUT2D eigenvalue weighted by molar-refractivity contribution is 6.31. The summed E-state index contributed by atoms with van der Waals surface area (Å²) in [5, 5.41) is 0.138. The van der Waals surface area contributed by atoms with Crippen LogP contribution in [0.4, 0.5) is 8.78 Å². The van der Waals surface area contributed by atoms with Gasteiger partial charge in [-0.3, -0.25) is 0 Å². The molecular formula is C10H10ClF2N. The van der Waals surface area contributed by atoms with E-state index in [1.807, 2.05) is 0 Å². The summed E-state index contributed by atoms with van der Waals surface area (Å²) >= 11 is 5.75.